The first-order valence-electron chi connectivity index (χ1n) is 10.9. The molecule has 0 saturated carbocycles. The van der Waals surface area contributed by atoms with Crippen LogP contribution in [-0.2, 0) is 4.79 Å². The molecule has 1 nitrogen and oxygen atoms in total. The molecule has 0 aromatic carbocycles. The molecule has 0 aromatic rings. The molecule has 0 bridgehead atoms. The fourth-order valence-electron chi connectivity index (χ4n) is 3.26. The van der Waals surface area contributed by atoms with Crippen molar-refractivity contribution in [2.24, 2.45) is 0 Å². The molecule has 0 N–H and O–H groups in total. The number of unbranched alkanes of at least 4 members (excludes halogenated alkanes) is 15. The number of carbonyl (C=O) groups excluding carboxylic acids is 1. The second-order valence-corrected chi connectivity index (χ2v) is 7.76. The molecule has 144 valence electrons. The van der Waals surface area contributed by atoms with Crippen LogP contribution in [-0.4, -0.2) is 11.7 Å². The quantitative estimate of drug-likeness (QED) is 0.158. The maximum Gasteiger partial charge on any atom is 0.132 e. The van der Waals surface area contributed by atoms with Crippen LogP contribution in [0.25, 0.3) is 0 Å². The molecular weight excluding hydrogens is 316 g/mol. The minimum absolute atomic E-state index is 0.404. The summed E-state index contributed by atoms with van der Waals surface area (Å²) in [5.41, 5.74) is 0. The van der Waals surface area contributed by atoms with Crippen molar-refractivity contribution in [3.8, 4) is 0 Å². The lowest BCUT2D eigenvalue weighted by molar-refractivity contribution is -0.119. The van der Waals surface area contributed by atoms with Gasteiger partial charge in [-0.1, -0.05) is 103 Å². The van der Waals surface area contributed by atoms with Gasteiger partial charge < -0.3 is 0 Å². The van der Waals surface area contributed by atoms with E-state index in [-0.39, 0.29) is 0 Å². The summed E-state index contributed by atoms with van der Waals surface area (Å²) in [6, 6.07) is 0. The van der Waals surface area contributed by atoms with Gasteiger partial charge in [-0.15, -0.1) is 11.6 Å². The molecule has 0 radical (unpaired) electrons. The average Bonchev–Trinajstić information content (AvgIpc) is 2.59. The number of halogens is 1. The van der Waals surface area contributed by atoms with Crippen molar-refractivity contribution in [1.82, 2.24) is 0 Å². The smallest absolute Gasteiger partial charge is 0.132 e. The number of ketones is 1. The van der Waals surface area contributed by atoms with E-state index in [4.69, 9.17) is 11.6 Å². The van der Waals surface area contributed by atoms with Crippen LogP contribution >= 0.6 is 11.6 Å². The van der Waals surface area contributed by atoms with Gasteiger partial charge in [0, 0.05) is 18.7 Å². The number of hydrogen-bond donors (Lipinski definition) is 0. The lowest BCUT2D eigenvalue weighted by atomic mass is 10.0. The van der Waals surface area contributed by atoms with E-state index in [1.165, 1.54) is 96.3 Å². The highest BCUT2D eigenvalue weighted by Crippen LogP contribution is 2.14. The van der Waals surface area contributed by atoms with E-state index < -0.39 is 0 Å². The van der Waals surface area contributed by atoms with Crippen LogP contribution in [0.4, 0.5) is 0 Å². The SMILES string of the molecule is CCCCCCCCCCCCCCCCCCC(=O)CCCCl. The summed E-state index contributed by atoms with van der Waals surface area (Å²) in [6.45, 7) is 2.28. The van der Waals surface area contributed by atoms with Crippen LogP contribution in [0.3, 0.4) is 0 Å². The number of alkyl halides is 1. The normalized spacial score (nSPS) is 11.1. The van der Waals surface area contributed by atoms with Crippen LogP contribution < -0.4 is 0 Å². The first kappa shape index (κ1) is 24.0. The van der Waals surface area contributed by atoms with E-state index in [0.717, 1.165) is 19.3 Å². The van der Waals surface area contributed by atoms with Crippen LogP contribution in [0, 0.1) is 0 Å². The molecule has 0 aliphatic rings. The monoisotopic (exact) mass is 358 g/mol. The van der Waals surface area contributed by atoms with Gasteiger partial charge in [-0.3, -0.25) is 4.79 Å². The summed E-state index contributed by atoms with van der Waals surface area (Å²) in [4.78, 5) is 11.5. The largest absolute Gasteiger partial charge is 0.300 e. The topological polar surface area (TPSA) is 17.1 Å². The van der Waals surface area contributed by atoms with Crippen molar-refractivity contribution in [3.63, 3.8) is 0 Å². The highest BCUT2D eigenvalue weighted by molar-refractivity contribution is 6.17. The molecule has 0 fully saturated rings. The molecule has 0 atom stereocenters. The van der Waals surface area contributed by atoms with Gasteiger partial charge in [0.25, 0.3) is 0 Å². The van der Waals surface area contributed by atoms with E-state index in [2.05, 4.69) is 6.92 Å². The Labute approximate surface area is 157 Å². The molecule has 0 aromatic heterocycles. The van der Waals surface area contributed by atoms with Gasteiger partial charge in [0.1, 0.15) is 5.78 Å². The summed E-state index contributed by atoms with van der Waals surface area (Å²) in [7, 11) is 0. The molecule has 0 spiro atoms. The van der Waals surface area contributed by atoms with Crippen molar-refractivity contribution in [2.75, 3.05) is 5.88 Å². The van der Waals surface area contributed by atoms with Gasteiger partial charge in [-0.2, -0.15) is 0 Å². The third-order valence-corrected chi connectivity index (χ3v) is 5.17. The second-order valence-electron chi connectivity index (χ2n) is 7.38. The molecule has 0 aliphatic heterocycles. The first-order valence-corrected chi connectivity index (χ1v) is 11.4. The van der Waals surface area contributed by atoms with Crippen LogP contribution in [0.5, 0.6) is 0 Å². The van der Waals surface area contributed by atoms with Gasteiger partial charge in [0.2, 0.25) is 0 Å². The number of carbonyl (C=O) groups is 1. The fraction of sp³-hybridized carbons (Fsp3) is 0.955. The number of Topliss-reactive ketones (excluding diaryl/α,β-unsaturated/α-hetero) is 1. The molecule has 0 aliphatic carbocycles. The predicted molar refractivity (Wildman–Crippen MR) is 109 cm³/mol. The third kappa shape index (κ3) is 20.0. The molecule has 24 heavy (non-hydrogen) atoms. The Kier molecular flexibility index (Phi) is 21.0. The van der Waals surface area contributed by atoms with Crippen LogP contribution in [0.1, 0.15) is 129 Å². The Morgan fingerprint density at radius 2 is 0.875 bits per heavy atom. The summed E-state index contributed by atoms with van der Waals surface area (Å²) in [5, 5.41) is 0. The molecular formula is C22H43ClO. The Morgan fingerprint density at radius 1 is 0.542 bits per heavy atom. The predicted octanol–water partition coefficient (Wildman–Crippen LogP) is 8.23. The average molecular weight is 359 g/mol. The van der Waals surface area contributed by atoms with Crippen LogP contribution in [0.15, 0.2) is 0 Å². The number of hydrogen-bond acceptors (Lipinski definition) is 1. The molecule has 0 unspecified atom stereocenters. The van der Waals surface area contributed by atoms with Crippen molar-refractivity contribution in [2.45, 2.75) is 129 Å². The van der Waals surface area contributed by atoms with E-state index in [0.29, 0.717) is 18.1 Å². The summed E-state index contributed by atoms with van der Waals surface area (Å²) < 4.78 is 0. The maximum atomic E-state index is 11.5. The molecule has 0 heterocycles. The molecule has 0 amide bonds. The highest BCUT2D eigenvalue weighted by Gasteiger charge is 2.01. The third-order valence-electron chi connectivity index (χ3n) is 4.90. The maximum absolute atomic E-state index is 11.5. The van der Waals surface area contributed by atoms with Crippen molar-refractivity contribution < 1.29 is 4.79 Å². The van der Waals surface area contributed by atoms with E-state index in [9.17, 15) is 4.79 Å². The fourth-order valence-corrected chi connectivity index (χ4v) is 3.39. The van der Waals surface area contributed by atoms with Gasteiger partial charge in [0.15, 0.2) is 0 Å². The Balaban J connectivity index is 3.04. The second kappa shape index (κ2) is 21.0. The minimum Gasteiger partial charge on any atom is -0.300 e. The van der Waals surface area contributed by atoms with Gasteiger partial charge in [-0.25, -0.2) is 0 Å². The zero-order valence-electron chi connectivity index (χ0n) is 16.4. The zero-order chi connectivity index (χ0) is 17.7. The van der Waals surface area contributed by atoms with Gasteiger partial charge >= 0.3 is 0 Å². The minimum atomic E-state index is 0.404. The van der Waals surface area contributed by atoms with E-state index in [1.807, 2.05) is 0 Å². The molecule has 0 rings (SSSR count). The Morgan fingerprint density at radius 3 is 1.25 bits per heavy atom. The van der Waals surface area contributed by atoms with Gasteiger partial charge in [-0.05, 0) is 12.8 Å². The van der Waals surface area contributed by atoms with E-state index in [1.54, 1.807) is 0 Å². The molecule has 0 saturated heterocycles. The zero-order valence-corrected chi connectivity index (χ0v) is 17.2. The lowest BCUT2D eigenvalue weighted by Crippen LogP contribution is -1.97. The van der Waals surface area contributed by atoms with Crippen LogP contribution in [0.2, 0.25) is 0 Å². The lowest BCUT2D eigenvalue weighted by Gasteiger charge is -2.03. The highest BCUT2D eigenvalue weighted by atomic mass is 35.5. The Hall–Kier alpha value is -0.0400. The standard InChI is InChI=1S/C22H43ClO/c1-2-3-4-5-6-7-8-9-10-11-12-13-14-15-16-17-19-22(24)20-18-21-23/h2-21H2,1H3. The van der Waals surface area contributed by atoms with Crippen molar-refractivity contribution >= 4 is 17.4 Å². The van der Waals surface area contributed by atoms with E-state index >= 15 is 0 Å². The summed E-state index contributed by atoms with van der Waals surface area (Å²) in [5.74, 6) is 1.02. The number of rotatable bonds is 20. The van der Waals surface area contributed by atoms with Crippen molar-refractivity contribution in [3.05, 3.63) is 0 Å². The Bertz CT molecular complexity index is 252. The summed E-state index contributed by atoms with van der Waals surface area (Å²) >= 11 is 5.60. The van der Waals surface area contributed by atoms with Gasteiger partial charge in [0.05, 0.1) is 0 Å². The molecule has 2 heteroatoms. The summed E-state index contributed by atoms with van der Waals surface area (Å²) in [6.07, 6.45) is 24.4. The first-order chi connectivity index (χ1) is 11.8. The van der Waals surface area contributed by atoms with Crippen molar-refractivity contribution in [1.29, 1.82) is 0 Å².